The van der Waals surface area contributed by atoms with Gasteiger partial charge in [-0.3, -0.25) is 10.3 Å². The molecule has 5 heavy (non-hydrogen) atoms. The first-order valence-electron chi connectivity index (χ1n) is 1.08. The molecule has 0 aliphatic carbocycles. The molecule has 0 aromatic heterocycles. The Labute approximate surface area is 34.0 Å². The number of nitrogens with one attached hydrogen (secondary N) is 2. The molecule has 0 aromatic carbocycles. The normalized spacial score (nSPS) is 9.60. The molecule has 0 aliphatic rings. The lowest BCUT2D eigenvalue weighted by atomic mass is 11.9. The highest BCUT2D eigenvalue weighted by molar-refractivity contribution is 7.44. The van der Waals surface area contributed by atoms with Crippen LogP contribution in [0.2, 0.25) is 0 Å². The fourth-order valence-corrected chi connectivity index (χ4v) is 0.318. The Hall–Kier alpha value is 0.200. The Balaban J connectivity index is 2.65. The highest BCUT2D eigenvalue weighted by atomic mass is 31.1. The maximum absolute atomic E-state index is 6.45. The van der Waals surface area contributed by atoms with Gasteiger partial charge in [-0.25, -0.2) is 0 Å². The van der Waals surface area contributed by atoms with Gasteiger partial charge >= 0.3 is 0 Å². The summed E-state index contributed by atoms with van der Waals surface area (Å²) in [6, 6.07) is 0. The van der Waals surface area contributed by atoms with Crippen molar-refractivity contribution < 1.29 is 0 Å². The zero-order valence-corrected chi connectivity index (χ0v) is 4.39. The Kier molecular flexibility index (Phi) is 4.37. The maximum atomic E-state index is 6.45. The lowest BCUT2D eigenvalue weighted by molar-refractivity contribution is 1.62. The molecule has 0 aliphatic heterocycles. The summed E-state index contributed by atoms with van der Waals surface area (Å²) < 4.78 is 0. The lowest BCUT2D eigenvalue weighted by Crippen LogP contribution is -1.31. The van der Waals surface area contributed by atoms with Crippen LogP contribution < -0.4 is 0 Å². The molecule has 0 bridgehead atoms. The van der Waals surface area contributed by atoms with Crippen LogP contribution in [-0.2, 0) is 0 Å². The van der Waals surface area contributed by atoms with Crippen molar-refractivity contribution in [2.45, 2.75) is 0 Å². The molecule has 2 N–H and O–H groups in total. The summed E-state index contributed by atoms with van der Waals surface area (Å²) in [6.07, 6.45) is 0. The van der Waals surface area contributed by atoms with E-state index in [0.29, 0.717) is 22.6 Å². The highest BCUT2D eigenvalue weighted by Crippen LogP contribution is 2.02. The summed E-state index contributed by atoms with van der Waals surface area (Å²) in [7, 11) is 1.16. The van der Waals surface area contributed by atoms with Gasteiger partial charge in [0.15, 0.2) is 0 Å². The predicted molar refractivity (Wildman–Crippen MR) is 24.1 cm³/mol. The van der Waals surface area contributed by atoms with Crippen LogP contribution in [0.25, 0.3) is 0 Å². The minimum Gasteiger partial charge on any atom is -0.283 e. The molecule has 0 unspecified atom stereocenters. The molecule has 0 heterocycles. The fraction of sp³-hybridized carbons (Fsp3) is 1.00. The Morgan fingerprint density at radius 3 is 1.60 bits per heavy atom. The molecule has 0 aromatic rings. The van der Waals surface area contributed by atoms with Crippen molar-refractivity contribution in [3.63, 3.8) is 0 Å². The Morgan fingerprint density at radius 1 is 1.20 bits per heavy atom. The Morgan fingerprint density at radius 2 is 1.60 bits per heavy atom. The monoisotopic (exact) mass is 106 g/mol. The van der Waals surface area contributed by atoms with Crippen LogP contribution >= 0.6 is 16.7 Å². The first-order valence-corrected chi connectivity index (χ1v) is 3.24. The summed E-state index contributed by atoms with van der Waals surface area (Å²) >= 11 is 0. The van der Waals surface area contributed by atoms with E-state index < -0.39 is 0 Å². The molecular weight excluding hydrogens is 102 g/mol. The molecule has 0 rings (SSSR count). The van der Waals surface area contributed by atoms with Crippen LogP contribution in [0.3, 0.4) is 0 Å². The van der Waals surface area contributed by atoms with Crippen molar-refractivity contribution in [2.24, 2.45) is 0 Å². The van der Waals surface area contributed by atoms with Gasteiger partial charge in [-0.15, -0.1) is 0 Å². The molecular formula is CH4N2P2. The van der Waals surface area contributed by atoms with E-state index in [1.165, 1.54) is 0 Å². The van der Waals surface area contributed by atoms with Crippen LogP contribution in [0.1, 0.15) is 0 Å². The molecule has 0 atom stereocenters. The van der Waals surface area contributed by atoms with E-state index in [9.17, 15) is 0 Å². The van der Waals surface area contributed by atoms with Gasteiger partial charge in [0.25, 0.3) is 0 Å². The maximum Gasteiger partial charge on any atom is 0.0658 e. The average Bonchev–Trinajstić information content (AvgIpc) is 1.41. The second-order valence-corrected chi connectivity index (χ2v) is 2.22. The third-order valence-electron chi connectivity index (χ3n) is 0.141. The number of hydrogen-bond acceptors (Lipinski definition) is 2. The van der Waals surface area contributed by atoms with E-state index in [4.69, 9.17) is 10.3 Å². The molecule has 0 amide bonds. The molecule has 4 heteroatoms. The van der Waals surface area contributed by atoms with Crippen LogP contribution in [-0.4, -0.2) is 5.90 Å². The van der Waals surface area contributed by atoms with Crippen molar-refractivity contribution in [3.8, 4) is 0 Å². The fourth-order valence-electron chi connectivity index (χ4n) is 0.0354. The van der Waals surface area contributed by atoms with Crippen LogP contribution in [0, 0.1) is 10.3 Å². The molecule has 0 saturated heterocycles. The minimum absolute atomic E-state index is 0.580. The quantitative estimate of drug-likeness (QED) is 0.507. The highest BCUT2D eigenvalue weighted by Gasteiger charge is 1.59. The van der Waals surface area contributed by atoms with E-state index in [2.05, 4.69) is 0 Å². The number of rotatable bonds is 2. The number of hydrogen-bond donors (Lipinski definition) is 2. The first kappa shape index (κ1) is 5.20. The van der Waals surface area contributed by atoms with Gasteiger partial charge in [0.2, 0.25) is 0 Å². The zero-order chi connectivity index (χ0) is 4.12. The SMILES string of the molecule is N=PCP=N. The van der Waals surface area contributed by atoms with Gasteiger partial charge in [-0.2, -0.15) is 0 Å². The Bertz CT molecular complexity index is 36.9. The van der Waals surface area contributed by atoms with Crippen molar-refractivity contribution >= 4 is 16.7 Å². The molecule has 0 saturated carbocycles. The van der Waals surface area contributed by atoms with Gasteiger partial charge in [0.05, 0.1) is 5.90 Å². The predicted octanol–water partition coefficient (Wildman–Crippen LogP) is 2.36. The smallest absolute Gasteiger partial charge is 0.0658 e. The topological polar surface area (TPSA) is 47.7 Å². The van der Waals surface area contributed by atoms with Gasteiger partial charge in [-0.05, 0) is 0 Å². The molecule has 0 spiro atoms. The van der Waals surface area contributed by atoms with E-state index in [0.717, 1.165) is 0 Å². The van der Waals surface area contributed by atoms with Crippen molar-refractivity contribution in [2.75, 3.05) is 5.90 Å². The zero-order valence-electron chi connectivity index (χ0n) is 2.60. The van der Waals surface area contributed by atoms with Crippen LogP contribution in [0.5, 0.6) is 0 Å². The standard InChI is InChI=1S/CH4N2P2/c2-4-1-5-3/h2-3H,1H2. The summed E-state index contributed by atoms with van der Waals surface area (Å²) in [5.74, 6) is 0.667. The van der Waals surface area contributed by atoms with E-state index in [1.54, 1.807) is 0 Å². The van der Waals surface area contributed by atoms with E-state index >= 15 is 0 Å². The second kappa shape index (κ2) is 4.20. The van der Waals surface area contributed by atoms with Crippen LogP contribution in [0.4, 0.5) is 0 Å². The second-order valence-electron chi connectivity index (χ2n) is 0.458. The third kappa shape index (κ3) is 4.20. The van der Waals surface area contributed by atoms with Crippen molar-refractivity contribution in [1.82, 2.24) is 0 Å². The average molecular weight is 106 g/mol. The minimum atomic E-state index is 0.580. The van der Waals surface area contributed by atoms with E-state index in [1.807, 2.05) is 0 Å². The van der Waals surface area contributed by atoms with Gasteiger partial charge in [-0.1, -0.05) is 0 Å². The first-order chi connectivity index (χ1) is 2.41. The molecule has 2 nitrogen and oxygen atoms in total. The van der Waals surface area contributed by atoms with Crippen molar-refractivity contribution in [3.05, 3.63) is 0 Å². The largest absolute Gasteiger partial charge is 0.283 e. The molecule has 0 radical (unpaired) electrons. The van der Waals surface area contributed by atoms with Gasteiger partial charge in [0, 0.05) is 16.7 Å². The summed E-state index contributed by atoms with van der Waals surface area (Å²) in [4.78, 5) is 0. The van der Waals surface area contributed by atoms with Crippen molar-refractivity contribution in [1.29, 1.82) is 10.3 Å². The summed E-state index contributed by atoms with van der Waals surface area (Å²) in [5, 5.41) is 12.9. The van der Waals surface area contributed by atoms with Gasteiger partial charge < -0.3 is 0 Å². The molecule has 28 valence electrons. The summed E-state index contributed by atoms with van der Waals surface area (Å²) in [5.41, 5.74) is 0. The third-order valence-corrected chi connectivity index (χ3v) is 1.27. The van der Waals surface area contributed by atoms with Gasteiger partial charge in [0.1, 0.15) is 0 Å². The van der Waals surface area contributed by atoms with Crippen LogP contribution in [0.15, 0.2) is 0 Å². The summed E-state index contributed by atoms with van der Waals surface area (Å²) in [6.45, 7) is 0. The molecule has 0 fully saturated rings. The lowest BCUT2D eigenvalue weighted by Gasteiger charge is -1.58. The van der Waals surface area contributed by atoms with E-state index in [-0.39, 0.29) is 0 Å².